The summed E-state index contributed by atoms with van der Waals surface area (Å²) in [6, 6.07) is 6.01. The molecule has 0 aromatic heterocycles. The molecule has 2 heteroatoms. The van der Waals surface area contributed by atoms with Gasteiger partial charge in [-0.1, -0.05) is 23.7 Å². The van der Waals surface area contributed by atoms with E-state index < -0.39 is 0 Å². The van der Waals surface area contributed by atoms with E-state index in [-0.39, 0.29) is 5.54 Å². The Morgan fingerprint density at radius 2 is 2.25 bits per heavy atom. The van der Waals surface area contributed by atoms with Crippen molar-refractivity contribution in [1.29, 1.82) is 0 Å². The minimum Gasteiger partial charge on any atom is -0.322 e. The van der Waals surface area contributed by atoms with Gasteiger partial charge in [-0.05, 0) is 37.0 Å². The van der Waals surface area contributed by atoms with Crippen molar-refractivity contribution in [1.82, 2.24) is 0 Å². The number of rotatable bonds is 0. The van der Waals surface area contributed by atoms with Gasteiger partial charge in [-0.15, -0.1) is 0 Å². The highest BCUT2D eigenvalue weighted by atomic mass is 35.5. The van der Waals surface area contributed by atoms with Crippen LogP contribution in [-0.4, -0.2) is 0 Å². The number of nitrogens with two attached hydrogens (primary N) is 1. The second kappa shape index (κ2) is 2.48. The van der Waals surface area contributed by atoms with Crippen molar-refractivity contribution in [2.24, 2.45) is 5.73 Å². The number of hydrogen-bond donors (Lipinski definition) is 1. The molecule has 1 nitrogen and oxygen atoms in total. The molecule has 1 aromatic rings. The van der Waals surface area contributed by atoms with Crippen LogP contribution in [0.25, 0.3) is 0 Å². The van der Waals surface area contributed by atoms with Crippen molar-refractivity contribution in [3.8, 4) is 0 Å². The molecule has 0 heterocycles. The smallest absolute Gasteiger partial charge is 0.0459 e. The van der Waals surface area contributed by atoms with Crippen molar-refractivity contribution in [3.63, 3.8) is 0 Å². The van der Waals surface area contributed by atoms with Gasteiger partial charge in [0, 0.05) is 10.6 Å². The molecule has 1 aliphatic rings. The molecule has 12 heavy (non-hydrogen) atoms. The molecule has 2 N–H and O–H groups in total. The van der Waals surface area contributed by atoms with Crippen LogP contribution in [0.4, 0.5) is 0 Å². The summed E-state index contributed by atoms with van der Waals surface area (Å²) in [5, 5.41) is 0.815. The number of fused-ring (bicyclic) bond motifs is 1. The van der Waals surface area contributed by atoms with Crippen molar-refractivity contribution in [2.75, 3.05) is 0 Å². The summed E-state index contributed by atoms with van der Waals surface area (Å²) >= 11 is 6.07. The van der Waals surface area contributed by atoms with Crippen LogP contribution in [-0.2, 0) is 12.0 Å². The maximum absolute atomic E-state index is 6.11. The van der Waals surface area contributed by atoms with Gasteiger partial charge in [0.25, 0.3) is 0 Å². The minimum atomic E-state index is -0.215. The molecular formula is C10H12ClN. The lowest BCUT2D eigenvalue weighted by Crippen LogP contribution is -2.29. The summed E-state index contributed by atoms with van der Waals surface area (Å²) in [5.41, 5.74) is 8.35. The molecular weight excluding hydrogens is 170 g/mol. The van der Waals surface area contributed by atoms with E-state index in [1.165, 1.54) is 5.56 Å². The lowest BCUT2D eigenvalue weighted by atomic mass is 9.96. The number of benzene rings is 1. The SMILES string of the molecule is CC1(N)CCc2cccc(Cl)c21. The summed E-state index contributed by atoms with van der Waals surface area (Å²) in [7, 11) is 0. The molecule has 0 spiro atoms. The standard InChI is InChI=1S/C10H12ClN/c1-10(12)6-5-7-3-2-4-8(11)9(7)10/h2-4H,5-6,12H2,1H3. The van der Waals surface area contributed by atoms with Gasteiger partial charge < -0.3 is 5.73 Å². The zero-order chi connectivity index (χ0) is 8.77. The van der Waals surface area contributed by atoms with Crippen LogP contribution >= 0.6 is 11.6 Å². The maximum atomic E-state index is 6.11. The topological polar surface area (TPSA) is 26.0 Å². The molecule has 1 atom stereocenters. The summed E-state index contributed by atoms with van der Waals surface area (Å²) in [4.78, 5) is 0. The number of hydrogen-bond acceptors (Lipinski definition) is 1. The molecule has 0 aliphatic heterocycles. The molecule has 0 radical (unpaired) electrons. The Hall–Kier alpha value is -0.530. The number of halogens is 1. The van der Waals surface area contributed by atoms with Gasteiger partial charge in [0.05, 0.1) is 0 Å². The molecule has 64 valence electrons. The molecule has 0 bridgehead atoms. The van der Waals surface area contributed by atoms with Gasteiger partial charge in [0.15, 0.2) is 0 Å². The Kier molecular flexibility index (Phi) is 1.67. The van der Waals surface area contributed by atoms with Crippen LogP contribution < -0.4 is 5.73 Å². The molecule has 2 rings (SSSR count). The maximum Gasteiger partial charge on any atom is 0.0459 e. The predicted molar refractivity (Wildman–Crippen MR) is 51.3 cm³/mol. The third kappa shape index (κ3) is 1.05. The van der Waals surface area contributed by atoms with Gasteiger partial charge in [0.2, 0.25) is 0 Å². The summed E-state index contributed by atoms with van der Waals surface area (Å²) < 4.78 is 0. The van der Waals surface area contributed by atoms with E-state index in [0.717, 1.165) is 23.4 Å². The highest BCUT2D eigenvalue weighted by Crippen LogP contribution is 2.38. The third-order valence-corrected chi connectivity index (χ3v) is 2.90. The van der Waals surface area contributed by atoms with Crippen molar-refractivity contribution in [2.45, 2.75) is 25.3 Å². The van der Waals surface area contributed by atoms with Crippen LogP contribution in [0.3, 0.4) is 0 Å². The van der Waals surface area contributed by atoms with Crippen LogP contribution in [0.5, 0.6) is 0 Å². The Labute approximate surface area is 77.5 Å². The second-order valence-electron chi connectivity index (χ2n) is 3.69. The van der Waals surface area contributed by atoms with Gasteiger partial charge in [-0.25, -0.2) is 0 Å². The quantitative estimate of drug-likeness (QED) is 0.654. The highest BCUT2D eigenvalue weighted by molar-refractivity contribution is 6.31. The van der Waals surface area contributed by atoms with Gasteiger partial charge in [0.1, 0.15) is 0 Å². The fourth-order valence-corrected chi connectivity index (χ4v) is 2.35. The molecule has 1 unspecified atom stereocenters. The molecule has 1 aliphatic carbocycles. The summed E-state index contributed by atoms with van der Waals surface area (Å²) in [6.07, 6.45) is 2.06. The minimum absolute atomic E-state index is 0.215. The van der Waals surface area contributed by atoms with E-state index >= 15 is 0 Å². The third-order valence-electron chi connectivity index (χ3n) is 2.58. The predicted octanol–water partition coefficient (Wildman–Crippen LogP) is 2.46. The van der Waals surface area contributed by atoms with Crippen LogP contribution in [0.15, 0.2) is 18.2 Å². The zero-order valence-corrected chi connectivity index (χ0v) is 7.86. The van der Waals surface area contributed by atoms with E-state index in [1.54, 1.807) is 0 Å². The van der Waals surface area contributed by atoms with Crippen LogP contribution in [0.1, 0.15) is 24.5 Å². The first-order chi connectivity index (χ1) is 5.61. The van der Waals surface area contributed by atoms with Crippen molar-refractivity contribution < 1.29 is 0 Å². The average Bonchev–Trinajstić information content (AvgIpc) is 2.29. The monoisotopic (exact) mass is 181 g/mol. The van der Waals surface area contributed by atoms with E-state index in [2.05, 4.69) is 6.07 Å². The van der Waals surface area contributed by atoms with Crippen LogP contribution in [0.2, 0.25) is 5.02 Å². The van der Waals surface area contributed by atoms with E-state index in [4.69, 9.17) is 17.3 Å². The Morgan fingerprint density at radius 1 is 1.50 bits per heavy atom. The first-order valence-electron chi connectivity index (χ1n) is 4.18. The molecule has 0 fully saturated rings. The zero-order valence-electron chi connectivity index (χ0n) is 7.10. The number of aryl methyl sites for hydroxylation is 1. The van der Waals surface area contributed by atoms with Crippen molar-refractivity contribution in [3.05, 3.63) is 34.3 Å². The van der Waals surface area contributed by atoms with E-state index in [1.807, 2.05) is 19.1 Å². The lowest BCUT2D eigenvalue weighted by Gasteiger charge is -2.19. The van der Waals surface area contributed by atoms with Crippen molar-refractivity contribution >= 4 is 11.6 Å². The normalized spacial score (nSPS) is 27.2. The molecule has 0 saturated heterocycles. The lowest BCUT2D eigenvalue weighted by molar-refractivity contribution is 0.492. The fraction of sp³-hybridized carbons (Fsp3) is 0.400. The molecule has 1 aromatic carbocycles. The Morgan fingerprint density at radius 3 is 2.92 bits per heavy atom. The van der Waals surface area contributed by atoms with Gasteiger partial charge in [-0.3, -0.25) is 0 Å². The summed E-state index contributed by atoms with van der Waals surface area (Å²) in [6.45, 7) is 2.05. The first-order valence-corrected chi connectivity index (χ1v) is 4.56. The highest BCUT2D eigenvalue weighted by Gasteiger charge is 2.31. The Balaban J connectivity index is 2.64. The van der Waals surface area contributed by atoms with Gasteiger partial charge in [-0.2, -0.15) is 0 Å². The van der Waals surface area contributed by atoms with E-state index in [0.29, 0.717) is 0 Å². The molecule has 0 amide bonds. The second-order valence-corrected chi connectivity index (χ2v) is 4.10. The largest absolute Gasteiger partial charge is 0.322 e. The Bertz CT molecular complexity index is 318. The average molecular weight is 182 g/mol. The summed E-state index contributed by atoms with van der Waals surface area (Å²) in [5.74, 6) is 0. The van der Waals surface area contributed by atoms with Gasteiger partial charge >= 0.3 is 0 Å². The van der Waals surface area contributed by atoms with Crippen LogP contribution in [0, 0.1) is 0 Å². The molecule has 0 saturated carbocycles. The first kappa shape index (κ1) is 8.09. The van der Waals surface area contributed by atoms with E-state index in [9.17, 15) is 0 Å². The fourth-order valence-electron chi connectivity index (χ4n) is 1.94.